The number of piperazine rings is 2. The molecule has 11 nitrogen and oxygen atoms in total. The Labute approximate surface area is 248 Å². The molecule has 0 bridgehead atoms. The quantitative estimate of drug-likeness (QED) is 0.163. The van der Waals surface area contributed by atoms with Gasteiger partial charge in [-0.15, -0.1) is 11.8 Å². The number of aldehydes is 1. The van der Waals surface area contributed by atoms with Gasteiger partial charge in [-0.3, -0.25) is 24.5 Å². The first-order chi connectivity index (χ1) is 20.1. The third-order valence-corrected chi connectivity index (χ3v) is 7.59. The predicted molar refractivity (Wildman–Crippen MR) is 168 cm³/mol. The summed E-state index contributed by atoms with van der Waals surface area (Å²) in [4.78, 5) is 37.6. The van der Waals surface area contributed by atoms with Crippen molar-refractivity contribution in [1.82, 2.24) is 31.1 Å². The van der Waals surface area contributed by atoms with E-state index in [9.17, 15) is 9.59 Å². The molecule has 41 heavy (non-hydrogen) atoms. The molecule has 2 saturated heterocycles. The van der Waals surface area contributed by atoms with Gasteiger partial charge in [-0.2, -0.15) is 0 Å². The maximum absolute atomic E-state index is 13.0. The third kappa shape index (κ3) is 10.7. The molecule has 3 aliphatic rings. The Hall–Kier alpha value is -3.03. The first kappa shape index (κ1) is 32.5. The molecule has 0 radical (unpaired) electrons. The van der Waals surface area contributed by atoms with Gasteiger partial charge < -0.3 is 30.9 Å². The van der Waals surface area contributed by atoms with Crippen LogP contribution in [0.1, 0.15) is 22.3 Å². The lowest BCUT2D eigenvalue weighted by molar-refractivity contribution is -0.116. The smallest absolute Gasteiger partial charge is 0.274 e. The van der Waals surface area contributed by atoms with Crippen LogP contribution >= 0.6 is 11.8 Å². The number of carbonyl (C=O) groups excluding carboxylic acids is 2. The van der Waals surface area contributed by atoms with Crippen molar-refractivity contribution in [2.75, 3.05) is 86.1 Å². The highest BCUT2D eigenvalue weighted by atomic mass is 32.2. The summed E-state index contributed by atoms with van der Waals surface area (Å²) in [5, 5.41) is 14.1. The second-order valence-electron chi connectivity index (χ2n) is 9.73. The van der Waals surface area contributed by atoms with Gasteiger partial charge in [0.1, 0.15) is 24.3 Å². The Balaban J connectivity index is 0.00000147. The predicted octanol–water partition coefficient (Wildman–Crippen LogP) is 1.10. The minimum Gasteiger partial charge on any atom is -0.492 e. The van der Waals surface area contributed by atoms with Crippen molar-refractivity contribution in [2.45, 2.75) is 12.2 Å². The van der Waals surface area contributed by atoms with Gasteiger partial charge in [-0.25, -0.2) is 0 Å². The summed E-state index contributed by atoms with van der Waals surface area (Å²) in [5.74, 6) is 0.893. The number of rotatable bonds is 12. The zero-order chi connectivity index (χ0) is 29.3. The van der Waals surface area contributed by atoms with E-state index in [0.717, 1.165) is 94.3 Å². The van der Waals surface area contributed by atoms with Crippen molar-refractivity contribution < 1.29 is 14.3 Å². The lowest BCUT2D eigenvalue weighted by Gasteiger charge is -2.33. The second-order valence-corrected chi connectivity index (χ2v) is 10.6. The third-order valence-electron chi connectivity index (χ3n) is 6.72. The molecule has 0 aromatic heterocycles. The van der Waals surface area contributed by atoms with E-state index in [4.69, 9.17) is 4.74 Å². The van der Waals surface area contributed by atoms with E-state index in [2.05, 4.69) is 47.8 Å². The normalized spacial score (nSPS) is 17.9. The topological polar surface area (TPSA) is 123 Å². The van der Waals surface area contributed by atoms with Crippen LogP contribution in [-0.2, 0) is 10.5 Å². The van der Waals surface area contributed by atoms with Crippen LogP contribution in [0.3, 0.4) is 0 Å². The summed E-state index contributed by atoms with van der Waals surface area (Å²) in [5.41, 5.74) is 3.49. The molecule has 4 N–H and O–H groups in total. The fourth-order valence-corrected chi connectivity index (χ4v) is 5.45. The fraction of sp³-hybridized carbons (Fsp3) is 0.517. The molecule has 0 unspecified atom stereocenters. The SMILES string of the molecule is C=N/C(=C\SCc1cc(OCCN2CCNCC2)ccc1C=O)C(=O)NC1=C(N2CCNCC2)CCN=C1.CNC. The molecule has 0 spiro atoms. The van der Waals surface area contributed by atoms with Gasteiger partial charge in [0.25, 0.3) is 5.91 Å². The van der Waals surface area contributed by atoms with Crippen LogP contribution in [0.15, 0.2) is 50.7 Å². The standard InChI is InChI=1S/C27H37N7O3S.C2H7N/c1-28-25(27(36)32-24-17-31-5-4-26(24)34-12-8-30-9-13-34)20-38-19-22-16-23(3-2-21(22)18-35)37-15-14-33-10-6-29-7-11-33;1-3-2/h2-3,16-18,20,29-30H,1,4-15,19H2,(H,32,36);3H,1-2H3/b25-20-;. The lowest BCUT2D eigenvalue weighted by atomic mass is 10.1. The van der Waals surface area contributed by atoms with E-state index in [1.165, 1.54) is 11.8 Å². The van der Waals surface area contributed by atoms with Crippen LogP contribution in [0.2, 0.25) is 0 Å². The molecule has 4 rings (SSSR count). The molecule has 0 saturated carbocycles. The first-order valence-corrected chi connectivity index (χ1v) is 15.2. The van der Waals surface area contributed by atoms with Crippen molar-refractivity contribution in [2.24, 2.45) is 9.98 Å². The minimum atomic E-state index is -0.330. The van der Waals surface area contributed by atoms with Gasteiger partial charge >= 0.3 is 0 Å². The van der Waals surface area contributed by atoms with Crippen molar-refractivity contribution in [3.63, 3.8) is 0 Å². The van der Waals surface area contributed by atoms with Gasteiger partial charge in [0, 0.05) is 101 Å². The van der Waals surface area contributed by atoms with Gasteiger partial charge in [0.2, 0.25) is 0 Å². The highest BCUT2D eigenvalue weighted by Crippen LogP contribution is 2.24. The van der Waals surface area contributed by atoms with Crippen LogP contribution in [-0.4, -0.2) is 121 Å². The molecule has 12 heteroatoms. The van der Waals surface area contributed by atoms with E-state index in [-0.39, 0.29) is 11.6 Å². The molecule has 1 aromatic rings. The van der Waals surface area contributed by atoms with Gasteiger partial charge in [0.15, 0.2) is 0 Å². The molecule has 0 aliphatic carbocycles. The van der Waals surface area contributed by atoms with Crippen LogP contribution in [0, 0.1) is 0 Å². The summed E-state index contributed by atoms with van der Waals surface area (Å²) < 4.78 is 5.96. The molecule has 224 valence electrons. The van der Waals surface area contributed by atoms with Crippen LogP contribution in [0.5, 0.6) is 5.75 Å². The maximum Gasteiger partial charge on any atom is 0.274 e. The Morgan fingerprint density at radius 1 is 1.17 bits per heavy atom. The Morgan fingerprint density at radius 2 is 1.88 bits per heavy atom. The Morgan fingerprint density at radius 3 is 2.56 bits per heavy atom. The number of benzene rings is 1. The Kier molecular flexibility index (Phi) is 14.6. The number of hydrogen-bond acceptors (Lipinski definition) is 11. The fourth-order valence-electron chi connectivity index (χ4n) is 4.60. The van der Waals surface area contributed by atoms with E-state index in [1.807, 2.05) is 26.2 Å². The largest absolute Gasteiger partial charge is 0.492 e. The van der Waals surface area contributed by atoms with E-state index in [1.54, 1.807) is 17.7 Å². The summed E-state index contributed by atoms with van der Waals surface area (Å²) >= 11 is 1.39. The molecule has 3 heterocycles. The van der Waals surface area contributed by atoms with Crippen molar-refractivity contribution in [1.29, 1.82) is 0 Å². The van der Waals surface area contributed by atoms with Crippen molar-refractivity contribution >= 4 is 36.9 Å². The van der Waals surface area contributed by atoms with Crippen molar-refractivity contribution in [3.05, 3.63) is 51.8 Å². The minimum absolute atomic E-state index is 0.220. The number of ether oxygens (including phenoxy) is 1. The van der Waals surface area contributed by atoms with Gasteiger partial charge in [-0.1, -0.05) is 0 Å². The maximum atomic E-state index is 13.0. The Bertz CT molecular complexity index is 1100. The number of thioether (sulfide) groups is 1. The molecule has 1 aromatic carbocycles. The van der Waals surface area contributed by atoms with E-state index < -0.39 is 0 Å². The number of carbonyl (C=O) groups is 2. The monoisotopic (exact) mass is 584 g/mol. The lowest BCUT2D eigenvalue weighted by Crippen LogP contribution is -2.44. The number of nitrogens with one attached hydrogen (secondary N) is 4. The van der Waals surface area contributed by atoms with Crippen molar-refractivity contribution in [3.8, 4) is 5.75 Å². The van der Waals surface area contributed by atoms with Gasteiger partial charge in [0.05, 0.1) is 5.70 Å². The summed E-state index contributed by atoms with van der Waals surface area (Å²) in [7, 11) is 3.75. The number of hydrogen-bond donors (Lipinski definition) is 4. The van der Waals surface area contributed by atoms with Crippen LogP contribution in [0.25, 0.3) is 0 Å². The summed E-state index contributed by atoms with van der Waals surface area (Å²) in [6, 6.07) is 5.50. The number of amides is 1. The zero-order valence-corrected chi connectivity index (χ0v) is 25.1. The average molecular weight is 585 g/mol. The van der Waals surface area contributed by atoms with Crippen LogP contribution in [0.4, 0.5) is 0 Å². The highest BCUT2D eigenvalue weighted by molar-refractivity contribution is 8.01. The average Bonchev–Trinajstić information content (AvgIpc) is 3.01. The molecular formula is C29H44N8O3S. The second kappa shape index (κ2) is 18.4. The number of allylic oxidation sites excluding steroid dienone is 1. The summed E-state index contributed by atoms with van der Waals surface area (Å²) in [6.07, 6.45) is 3.37. The highest BCUT2D eigenvalue weighted by Gasteiger charge is 2.21. The van der Waals surface area contributed by atoms with E-state index >= 15 is 0 Å². The molecular weight excluding hydrogens is 540 g/mol. The molecule has 2 fully saturated rings. The number of aliphatic imine (C=N–C) groups is 2. The number of nitrogens with zero attached hydrogens (tertiary/aromatic N) is 4. The molecule has 1 amide bonds. The molecule has 0 atom stereocenters. The van der Waals surface area contributed by atoms with E-state index in [0.29, 0.717) is 24.5 Å². The number of dihydropyridines is 1. The van der Waals surface area contributed by atoms with Crippen LogP contribution < -0.4 is 26.0 Å². The first-order valence-electron chi connectivity index (χ1n) is 14.1. The summed E-state index contributed by atoms with van der Waals surface area (Å²) in [6.45, 7) is 13.5. The van der Waals surface area contributed by atoms with Gasteiger partial charge in [-0.05, 0) is 44.6 Å². The zero-order valence-electron chi connectivity index (χ0n) is 24.3. The molecule has 3 aliphatic heterocycles.